The number of rotatable bonds is 7. The summed E-state index contributed by atoms with van der Waals surface area (Å²) in [6, 6.07) is 3.97. The highest BCUT2D eigenvalue weighted by Gasteiger charge is 2.21. The van der Waals surface area contributed by atoms with E-state index in [4.69, 9.17) is 10.00 Å². The first-order valence-electron chi connectivity index (χ1n) is 6.98. The molecule has 1 atom stereocenters. The Kier molecular flexibility index (Phi) is 4.94. The summed E-state index contributed by atoms with van der Waals surface area (Å²) in [6.07, 6.45) is 1.92. The van der Waals surface area contributed by atoms with Crippen LogP contribution in [0.2, 0.25) is 0 Å². The number of pyridine rings is 1. The first-order chi connectivity index (χ1) is 9.60. The molecule has 2 N–H and O–H groups in total. The lowest BCUT2D eigenvalue weighted by molar-refractivity contribution is 0.0386. The molecule has 1 heterocycles. The zero-order valence-corrected chi connectivity index (χ0v) is 12.0. The Morgan fingerprint density at radius 2 is 2.30 bits per heavy atom. The van der Waals surface area contributed by atoms with Crippen molar-refractivity contribution in [2.75, 3.05) is 25.1 Å². The molecule has 5 nitrogen and oxygen atoms in total. The highest BCUT2D eigenvalue weighted by molar-refractivity contribution is 5.59. The topological polar surface area (TPSA) is 78.2 Å². The van der Waals surface area contributed by atoms with E-state index in [9.17, 15) is 5.11 Å². The number of nitrogens with one attached hydrogen (secondary N) is 1. The van der Waals surface area contributed by atoms with Crippen LogP contribution in [0.1, 0.15) is 29.8 Å². The highest BCUT2D eigenvalue weighted by atomic mass is 16.5. The van der Waals surface area contributed by atoms with Crippen LogP contribution in [0, 0.1) is 31.1 Å². The fraction of sp³-hybridized carbons (Fsp3) is 0.600. The van der Waals surface area contributed by atoms with Gasteiger partial charge in [-0.2, -0.15) is 5.26 Å². The summed E-state index contributed by atoms with van der Waals surface area (Å²) in [5.41, 5.74) is 2.80. The van der Waals surface area contributed by atoms with Gasteiger partial charge in [-0.25, -0.2) is 0 Å². The Hall–Kier alpha value is -1.64. The molecule has 20 heavy (non-hydrogen) atoms. The second-order valence-corrected chi connectivity index (χ2v) is 5.40. The number of nitriles is 1. The minimum atomic E-state index is -0.575. The smallest absolute Gasteiger partial charge is 0.103 e. The number of aromatic nitrogens is 1. The zero-order valence-electron chi connectivity index (χ0n) is 12.0. The predicted molar refractivity (Wildman–Crippen MR) is 76.5 cm³/mol. The normalized spacial score (nSPS) is 15.7. The lowest BCUT2D eigenvalue weighted by atomic mass is 10.1. The van der Waals surface area contributed by atoms with Crippen LogP contribution in [0.3, 0.4) is 0 Å². The number of ether oxygens (including phenoxy) is 1. The van der Waals surface area contributed by atoms with E-state index >= 15 is 0 Å². The molecule has 1 aliphatic carbocycles. The standard InChI is InChI=1S/C15H21N3O2/c1-10-5-15(14(6-16)11(2)18-10)17-7-13(19)9-20-8-12-3-4-12/h5,12-13,19H,3-4,7-9H2,1-2H3,(H,17,18). The summed E-state index contributed by atoms with van der Waals surface area (Å²) in [6.45, 7) is 5.13. The molecule has 1 saturated carbocycles. The Labute approximate surface area is 119 Å². The molecule has 1 aliphatic rings. The Morgan fingerprint density at radius 3 is 2.95 bits per heavy atom. The van der Waals surface area contributed by atoms with Crippen molar-refractivity contribution < 1.29 is 9.84 Å². The van der Waals surface area contributed by atoms with E-state index in [2.05, 4.69) is 16.4 Å². The predicted octanol–water partition coefficient (Wildman–Crippen LogP) is 1.77. The number of aliphatic hydroxyl groups is 1. The lowest BCUT2D eigenvalue weighted by Crippen LogP contribution is -2.25. The maximum Gasteiger partial charge on any atom is 0.103 e. The van der Waals surface area contributed by atoms with E-state index in [1.807, 2.05) is 19.9 Å². The molecular formula is C15H21N3O2. The van der Waals surface area contributed by atoms with Crippen molar-refractivity contribution in [2.24, 2.45) is 5.92 Å². The van der Waals surface area contributed by atoms with Gasteiger partial charge in [-0.05, 0) is 38.7 Å². The quantitative estimate of drug-likeness (QED) is 0.793. The molecule has 1 fully saturated rings. The molecule has 0 radical (unpaired) electrons. The number of aliphatic hydroxyl groups excluding tert-OH is 1. The van der Waals surface area contributed by atoms with Gasteiger partial charge in [0.05, 0.1) is 29.7 Å². The van der Waals surface area contributed by atoms with Crippen LogP contribution in [0.5, 0.6) is 0 Å². The summed E-state index contributed by atoms with van der Waals surface area (Å²) >= 11 is 0. The molecule has 2 rings (SSSR count). The van der Waals surface area contributed by atoms with Gasteiger partial charge in [-0.15, -0.1) is 0 Å². The summed E-state index contributed by atoms with van der Waals surface area (Å²) in [7, 11) is 0. The summed E-state index contributed by atoms with van der Waals surface area (Å²) in [5.74, 6) is 0.700. The summed E-state index contributed by atoms with van der Waals surface area (Å²) < 4.78 is 5.44. The minimum Gasteiger partial charge on any atom is -0.389 e. The van der Waals surface area contributed by atoms with Crippen LogP contribution in [0.15, 0.2) is 6.07 Å². The van der Waals surface area contributed by atoms with Gasteiger partial charge in [-0.3, -0.25) is 4.98 Å². The van der Waals surface area contributed by atoms with Crippen LogP contribution >= 0.6 is 0 Å². The van der Waals surface area contributed by atoms with E-state index in [0.29, 0.717) is 30.3 Å². The Balaban J connectivity index is 1.84. The van der Waals surface area contributed by atoms with Crippen LogP contribution in [0.25, 0.3) is 0 Å². The maximum atomic E-state index is 9.86. The van der Waals surface area contributed by atoms with Crippen molar-refractivity contribution in [1.29, 1.82) is 5.26 Å². The molecule has 0 bridgehead atoms. The average Bonchev–Trinajstić information content (AvgIpc) is 3.20. The van der Waals surface area contributed by atoms with Crippen LogP contribution in [0.4, 0.5) is 5.69 Å². The summed E-state index contributed by atoms with van der Waals surface area (Å²) in [4.78, 5) is 4.26. The molecule has 1 aromatic rings. The number of hydrogen-bond acceptors (Lipinski definition) is 5. The number of hydrogen-bond donors (Lipinski definition) is 2. The molecule has 1 unspecified atom stereocenters. The highest BCUT2D eigenvalue weighted by Crippen LogP contribution is 2.28. The van der Waals surface area contributed by atoms with Gasteiger partial charge in [-0.1, -0.05) is 0 Å². The molecule has 0 spiro atoms. The van der Waals surface area contributed by atoms with Crippen LogP contribution in [-0.2, 0) is 4.74 Å². The summed E-state index contributed by atoms with van der Waals surface area (Å²) in [5, 5.41) is 22.1. The van der Waals surface area contributed by atoms with Crippen molar-refractivity contribution in [1.82, 2.24) is 4.98 Å². The van der Waals surface area contributed by atoms with E-state index in [0.717, 1.165) is 18.0 Å². The number of nitrogens with zero attached hydrogens (tertiary/aromatic N) is 2. The lowest BCUT2D eigenvalue weighted by Gasteiger charge is -2.15. The third-order valence-corrected chi connectivity index (χ3v) is 3.33. The third-order valence-electron chi connectivity index (χ3n) is 3.33. The second-order valence-electron chi connectivity index (χ2n) is 5.40. The van der Waals surface area contributed by atoms with E-state index in [1.54, 1.807) is 0 Å². The molecule has 0 saturated heterocycles. The molecular weight excluding hydrogens is 254 g/mol. The van der Waals surface area contributed by atoms with Crippen LogP contribution < -0.4 is 5.32 Å². The third kappa shape index (κ3) is 4.19. The molecule has 0 aromatic carbocycles. The van der Waals surface area contributed by atoms with Gasteiger partial charge in [0.2, 0.25) is 0 Å². The van der Waals surface area contributed by atoms with Crippen molar-refractivity contribution >= 4 is 5.69 Å². The zero-order chi connectivity index (χ0) is 14.5. The van der Waals surface area contributed by atoms with Gasteiger partial charge in [0.25, 0.3) is 0 Å². The molecule has 108 valence electrons. The maximum absolute atomic E-state index is 9.86. The first-order valence-corrected chi connectivity index (χ1v) is 6.98. The van der Waals surface area contributed by atoms with Gasteiger partial charge >= 0.3 is 0 Å². The fourth-order valence-electron chi connectivity index (χ4n) is 2.05. The van der Waals surface area contributed by atoms with Gasteiger partial charge in [0, 0.05) is 18.8 Å². The molecule has 0 amide bonds. The fourth-order valence-corrected chi connectivity index (χ4v) is 2.05. The van der Waals surface area contributed by atoms with Crippen molar-refractivity contribution in [2.45, 2.75) is 32.8 Å². The first kappa shape index (κ1) is 14.8. The van der Waals surface area contributed by atoms with Crippen molar-refractivity contribution in [3.05, 3.63) is 23.0 Å². The Morgan fingerprint density at radius 1 is 1.55 bits per heavy atom. The molecule has 5 heteroatoms. The van der Waals surface area contributed by atoms with Gasteiger partial charge in [0.1, 0.15) is 6.07 Å². The number of aryl methyl sites for hydroxylation is 2. The van der Waals surface area contributed by atoms with E-state index in [-0.39, 0.29) is 0 Å². The number of anilines is 1. The Bertz CT molecular complexity index is 507. The van der Waals surface area contributed by atoms with Crippen molar-refractivity contribution in [3.8, 4) is 6.07 Å². The van der Waals surface area contributed by atoms with Crippen molar-refractivity contribution in [3.63, 3.8) is 0 Å². The SMILES string of the molecule is Cc1cc(NCC(O)COCC2CC2)c(C#N)c(C)n1. The minimum absolute atomic E-state index is 0.328. The van der Waals surface area contributed by atoms with Crippen LogP contribution in [-0.4, -0.2) is 36.0 Å². The van der Waals surface area contributed by atoms with E-state index in [1.165, 1.54) is 12.8 Å². The van der Waals surface area contributed by atoms with E-state index < -0.39 is 6.10 Å². The average molecular weight is 275 g/mol. The van der Waals surface area contributed by atoms with Gasteiger partial charge in [0.15, 0.2) is 0 Å². The largest absolute Gasteiger partial charge is 0.389 e. The monoisotopic (exact) mass is 275 g/mol. The molecule has 0 aliphatic heterocycles. The molecule has 1 aromatic heterocycles. The van der Waals surface area contributed by atoms with Gasteiger partial charge < -0.3 is 15.2 Å². The second kappa shape index (κ2) is 6.69.